The van der Waals surface area contributed by atoms with Crippen LogP contribution in [0.3, 0.4) is 0 Å². The van der Waals surface area contributed by atoms with Gasteiger partial charge in [-0.15, -0.1) is 6.42 Å². The van der Waals surface area contributed by atoms with Crippen molar-refractivity contribution in [3.05, 3.63) is 11.5 Å². The van der Waals surface area contributed by atoms with E-state index in [1.807, 2.05) is 5.92 Å². The topological polar surface area (TPSA) is 55.8 Å². The molecule has 1 aliphatic rings. The Balaban J connectivity index is 3.03. The van der Waals surface area contributed by atoms with E-state index in [4.69, 9.17) is 15.9 Å². The molecule has 4 heteroatoms. The van der Waals surface area contributed by atoms with Gasteiger partial charge in [0.1, 0.15) is 0 Å². The summed E-state index contributed by atoms with van der Waals surface area (Å²) in [6.45, 7) is 7.11. The molecule has 0 bridgehead atoms. The van der Waals surface area contributed by atoms with Gasteiger partial charge in [-0.05, 0) is 27.7 Å². The Labute approximate surface area is 95.2 Å². The van der Waals surface area contributed by atoms with Crippen molar-refractivity contribution in [1.82, 2.24) is 0 Å². The summed E-state index contributed by atoms with van der Waals surface area (Å²) >= 11 is 0. The van der Waals surface area contributed by atoms with Crippen molar-refractivity contribution in [2.24, 2.45) is 0 Å². The molecule has 0 aromatic carbocycles. The highest BCUT2D eigenvalue weighted by Crippen LogP contribution is 2.37. The monoisotopic (exact) mass is 224 g/mol. The molecule has 0 radical (unpaired) electrons. The number of hydrogen-bond donors (Lipinski definition) is 1. The minimum atomic E-state index is -1.95. The maximum Gasteiger partial charge on any atom is 0.254 e. The first-order chi connectivity index (χ1) is 7.32. The van der Waals surface area contributed by atoms with Gasteiger partial charge in [-0.2, -0.15) is 0 Å². The van der Waals surface area contributed by atoms with Crippen molar-refractivity contribution < 1.29 is 19.4 Å². The predicted octanol–water partition coefficient (Wildman–Crippen LogP) is 0.995. The summed E-state index contributed by atoms with van der Waals surface area (Å²) in [5, 5.41) is 9.83. The summed E-state index contributed by atoms with van der Waals surface area (Å²) in [7, 11) is 0. The maximum atomic E-state index is 11.6. The lowest BCUT2D eigenvalue weighted by molar-refractivity contribution is -0.143. The number of ketones is 1. The molecule has 0 aromatic rings. The van der Waals surface area contributed by atoms with Gasteiger partial charge in [-0.25, -0.2) is 0 Å². The minimum absolute atomic E-state index is 0.0316. The molecule has 1 rings (SSSR count). The molecule has 1 aliphatic carbocycles. The van der Waals surface area contributed by atoms with Crippen molar-refractivity contribution in [2.75, 3.05) is 0 Å². The van der Waals surface area contributed by atoms with E-state index in [0.717, 1.165) is 0 Å². The Bertz CT molecular complexity index is 373. The van der Waals surface area contributed by atoms with Gasteiger partial charge < -0.3 is 14.6 Å². The number of rotatable bonds is 4. The summed E-state index contributed by atoms with van der Waals surface area (Å²) < 4.78 is 10.6. The molecule has 0 heterocycles. The number of aliphatic hydroxyl groups is 1. The molecule has 16 heavy (non-hydrogen) atoms. The summed E-state index contributed by atoms with van der Waals surface area (Å²) in [6, 6.07) is 0. The van der Waals surface area contributed by atoms with Crippen LogP contribution in [0.4, 0.5) is 0 Å². The van der Waals surface area contributed by atoms with Gasteiger partial charge in [0.05, 0.1) is 12.2 Å². The number of carbonyl (C=O) groups is 1. The second-order valence-electron chi connectivity index (χ2n) is 4.18. The van der Waals surface area contributed by atoms with Crippen LogP contribution < -0.4 is 0 Å². The molecular formula is C12H16O4. The molecule has 1 atom stereocenters. The average Bonchev–Trinajstić information content (AvgIpc) is 2.21. The molecule has 1 N–H and O–H groups in total. The normalized spacial score (nSPS) is 24.5. The van der Waals surface area contributed by atoms with Crippen LogP contribution in [-0.4, -0.2) is 28.7 Å². The zero-order chi connectivity index (χ0) is 12.5. The molecule has 0 saturated heterocycles. The Kier molecular flexibility index (Phi) is 3.30. The zero-order valence-electron chi connectivity index (χ0n) is 9.90. The van der Waals surface area contributed by atoms with E-state index in [-0.39, 0.29) is 23.7 Å². The second kappa shape index (κ2) is 4.18. The molecule has 4 nitrogen and oxygen atoms in total. The van der Waals surface area contributed by atoms with Gasteiger partial charge in [0.15, 0.2) is 5.76 Å². The van der Waals surface area contributed by atoms with Gasteiger partial charge in [0, 0.05) is 0 Å². The maximum absolute atomic E-state index is 11.6. The van der Waals surface area contributed by atoms with E-state index in [1.165, 1.54) is 0 Å². The third-order valence-electron chi connectivity index (χ3n) is 1.99. The SMILES string of the molecule is C#CC1(O)C(=O)C(OC(C)C)=C1OC(C)C. The fraction of sp³-hybridized carbons (Fsp3) is 0.583. The predicted molar refractivity (Wildman–Crippen MR) is 58.3 cm³/mol. The number of terminal acetylenes is 1. The number of Topliss-reactive ketones (excluding diaryl/α,β-unsaturated/α-hetero) is 1. The van der Waals surface area contributed by atoms with E-state index in [0.29, 0.717) is 0 Å². The number of hydrogen-bond acceptors (Lipinski definition) is 4. The van der Waals surface area contributed by atoms with Crippen LogP contribution in [0.5, 0.6) is 0 Å². The van der Waals surface area contributed by atoms with E-state index < -0.39 is 11.4 Å². The smallest absolute Gasteiger partial charge is 0.254 e. The molecule has 0 aromatic heterocycles. The fourth-order valence-corrected chi connectivity index (χ4v) is 1.32. The second-order valence-corrected chi connectivity index (χ2v) is 4.18. The zero-order valence-corrected chi connectivity index (χ0v) is 9.90. The van der Waals surface area contributed by atoms with Gasteiger partial charge in [-0.1, -0.05) is 5.92 Å². The molecule has 0 aliphatic heterocycles. The van der Waals surface area contributed by atoms with Crippen LogP contribution in [-0.2, 0) is 14.3 Å². The van der Waals surface area contributed by atoms with Gasteiger partial charge in [0.2, 0.25) is 5.76 Å². The Morgan fingerprint density at radius 2 is 1.75 bits per heavy atom. The molecule has 0 amide bonds. The largest absolute Gasteiger partial charge is 0.487 e. The fourth-order valence-electron chi connectivity index (χ4n) is 1.32. The highest BCUT2D eigenvalue weighted by Gasteiger charge is 2.56. The van der Waals surface area contributed by atoms with Crippen LogP contribution in [0.2, 0.25) is 0 Å². The summed E-state index contributed by atoms with van der Waals surface area (Å²) in [4.78, 5) is 11.6. The first-order valence-corrected chi connectivity index (χ1v) is 5.16. The molecule has 1 unspecified atom stereocenters. The molecular weight excluding hydrogens is 208 g/mol. The van der Waals surface area contributed by atoms with Crippen molar-refractivity contribution in [3.63, 3.8) is 0 Å². The highest BCUT2D eigenvalue weighted by molar-refractivity contribution is 6.12. The Morgan fingerprint density at radius 3 is 2.12 bits per heavy atom. The molecule has 0 saturated carbocycles. The van der Waals surface area contributed by atoms with E-state index in [9.17, 15) is 9.90 Å². The summed E-state index contributed by atoms with van der Waals surface area (Å²) in [5.41, 5.74) is -1.95. The van der Waals surface area contributed by atoms with E-state index in [2.05, 4.69) is 0 Å². The average molecular weight is 224 g/mol. The highest BCUT2D eigenvalue weighted by atomic mass is 16.5. The van der Waals surface area contributed by atoms with Crippen molar-refractivity contribution in [2.45, 2.75) is 45.5 Å². The van der Waals surface area contributed by atoms with Crippen LogP contribution in [0.1, 0.15) is 27.7 Å². The van der Waals surface area contributed by atoms with Crippen LogP contribution >= 0.6 is 0 Å². The van der Waals surface area contributed by atoms with Crippen molar-refractivity contribution in [1.29, 1.82) is 0 Å². The standard InChI is InChI=1S/C12H16O4/c1-6-12(14)10(13)9(15-7(2)3)11(12)16-8(4)5/h1,7-8,14H,2-5H3. The third kappa shape index (κ3) is 1.91. The first kappa shape index (κ1) is 12.6. The third-order valence-corrected chi connectivity index (χ3v) is 1.99. The van der Waals surface area contributed by atoms with Gasteiger partial charge in [-0.3, -0.25) is 4.79 Å². The van der Waals surface area contributed by atoms with Gasteiger partial charge in [0.25, 0.3) is 11.4 Å². The molecule has 0 spiro atoms. The van der Waals surface area contributed by atoms with Crippen LogP contribution in [0.25, 0.3) is 0 Å². The van der Waals surface area contributed by atoms with Crippen LogP contribution in [0.15, 0.2) is 11.5 Å². The number of ether oxygens (including phenoxy) is 2. The minimum Gasteiger partial charge on any atom is -0.487 e. The lowest BCUT2D eigenvalue weighted by Gasteiger charge is -2.36. The van der Waals surface area contributed by atoms with Crippen LogP contribution in [0, 0.1) is 12.3 Å². The lowest BCUT2D eigenvalue weighted by Crippen LogP contribution is -2.52. The summed E-state index contributed by atoms with van der Waals surface area (Å²) in [5.74, 6) is 1.49. The van der Waals surface area contributed by atoms with Gasteiger partial charge >= 0.3 is 0 Å². The summed E-state index contributed by atoms with van der Waals surface area (Å²) in [6.07, 6.45) is 4.77. The number of carbonyl (C=O) groups excluding carboxylic acids is 1. The van der Waals surface area contributed by atoms with Crippen molar-refractivity contribution >= 4 is 5.78 Å². The van der Waals surface area contributed by atoms with E-state index in [1.54, 1.807) is 27.7 Å². The Morgan fingerprint density at radius 1 is 1.25 bits per heavy atom. The van der Waals surface area contributed by atoms with Crippen molar-refractivity contribution in [3.8, 4) is 12.3 Å². The quantitative estimate of drug-likeness (QED) is 0.724. The molecule has 88 valence electrons. The van der Waals surface area contributed by atoms with E-state index >= 15 is 0 Å². The lowest BCUT2D eigenvalue weighted by atomic mass is 9.83. The first-order valence-electron chi connectivity index (χ1n) is 5.16. The molecule has 0 fully saturated rings. The Hall–Kier alpha value is -1.47.